The fourth-order valence-corrected chi connectivity index (χ4v) is 3.06. The van der Waals surface area contributed by atoms with Crippen LogP contribution in [-0.4, -0.2) is 28.5 Å². The number of benzene rings is 2. The molecule has 0 N–H and O–H groups in total. The Bertz CT molecular complexity index is 737. The quantitative estimate of drug-likeness (QED) is 0.428. The molecular formula is C17H17ClN2O3S. The van der Waals surface area contributed by atoms with E-state index in [0.717, 1.165) is 10.5 Å². The number of nitrogens with zero attached hydrogens (tertiary/aromatic N) is 2. The number of nitro benzene ring substituents is 1. The van der Waals surface area contributed by atoms with Gasteiger partial charge in [-0.1, -0.05) is 23.7 Å². The molecule has 0 heterocycles. The smallest absolute Gasteiger partial charge is 0.269 e. The minimum absolute atomic E-state index is 0.0238. The summed E-state index contributed by atoms with van der Waals surface area (Å²) in [6, 6.07) is 13.4. The minimum atomic E-state index is -0.436. The summed E-state index contributed by atoms with van der Waals surface area (Å²) >= 11 is 7.26. The second kappa shape index (κ2) is 8.17. The van der Waals surface area contributed by atoms with Crippen LogP contribution in [-0.2, 0) is 4.79 Å². The fraction of sp³-hybridized carbons (Fsp3) is 0.235. The van der Waals surface area contributed by atoms with Crippen molar-refractivity contribution < 1.29 is 9.72 Å². The van der Waals surface area contributed by atoms with Crippen LogP contribution in [0, 0.1) is 10.1 Å². The first-order chi connectivity index (χ1) is 11.4. The second-order valence-electron chi connectivity index (χ2n) is 5.28. The van der Waals surface area contributed by atoms with Crippen LogP contribution in [0.5, 0.6) is 0 Å². The van der Waals surface area contributed by atoms with Gasteiger partial charge in [0.1, 0.15) is 0 Å². The molecule has 126 valence electrons. The van der Waals surface area contributed by atoms with Crippen molar-refractivity contribution in [1.82, 2.24) is 4.90 Å². The van der Waals surface area contributed by atoms with Crippen LogP contribution >= 0.6 is 23.4 Å². The van der Waals surface area contributed by atoms with E-state index < -0.39 is 4.92 Å². The van der Waals surface area contributed by atoms with Crippen molar-refractivity contribution in [2.45, 2.75) is 17.9 Å². The Morgan fingerprint density at radius 1 is 1.29 bits per heavy atom. The third kappa shape index (κ3) is 4.72. The Labute approximate surface area is 149 Å². The highest BCUT2D eigenvalue weighted by Gasteiger charge is 2.19. The third-order valence-corrected chi connectivity index (χ3v) is 4.96. The van der Waals surface area contributed by atoms with Gasteiger partial charge >= 0.3 is 0 Å². The lowest BCUT2D eigenvalue weighted by molar-refractivity contribution is -0.384. The Balaban J connectivity index is 2.00. The van der Waals surface area contributed by atoms with Gasteiger partial charge in [0.15, 0.2) is 0 Å². The fourth-order valence-electron chi connectivity index (χ4n) is 2.12. The zero-order valence-corrected chi connectivity index (χ0v) is 14.9. The van der Waals surface area contributed by atoms with Gasteiger partial charge in [0.2, 0.25) is 5.91 Å². The number of rotatable bonds is 6. The molecule has 0 aromatic heterocycles. The molecule has 2 aromatic rings. The first-order valence-corrected chi connectivity index (χ1v) is 8.63. The SMILES string of the molecule is CC(c1cccc([N+](=O)[O-])c1)N(C)C(=O)CSc1ccc(Cl)cc1. The molecule has 7 heteroatoms. The van der Waals surface area contributed by atoms with E-state index in [1.807, 2.05) is 19.1 Å². The number of hydrogen-bond acceptors (Lipinski definition) is 4. The average Bonchev–Trinajstić information content (AvgIpc) is 2.59. The van der Waals surface area contributed by atoms with Crippen molar-refractivity contribution in [3.8, 4) is 0 Å². The summed E-state index contributed by atoms with van der Waals surface area (Å²) in [5.74, 6) is 0.242. The first-order valence-electron chi connectivity index (χ1n) is 7.27. The predicted molar refractivity (Wildman–Crippen MR) is 96.5 cm³/mol. The van der Waals surface area contributed by atoms with E-state index >= 15 is 0 Å². The number of halogens is 1. The summed E-state index contributed by atoms with van der Waals surface area (Å²) in [5, 5.41) is 11.5. The summed E-state index contributed by atoms with van der Waals surface area (Å²) in [6.45, 7) is 1.85. The zero-order chi connectivity index (χ0) is 17.7. The molecule has 1 atom stereocenters. The normalized spacial score (nSPS) is 11.8. The molecule has 0 aliphatic carbocycles. The summed E-state index contributed by atoms with van der Waals surface area (Å²) in [6.07, 6.45) is 0. The van der Waals surface area contributed by atoms with Crippen molar-refractivity contribution in [1.29, 1.82) is 0 Å². The van der Waals surface area contributed by atoms with Crippen molar-refractivity contribution in [2.75, 3.05) is 12.8 Å². The molecule has 0 fully saturated rings. The van der Waals surface area contributed by atoms with Crippen molar-refractivity contribution in [3.63, 3.8) is 0 Å². The van der Waals surface area contributed by atoms with Gasteiger partial charge in [-0.3, -0.25) is 14.9 Å². The van der Waals surface area contributed by atoms with E-state index in [-0.39, 0.29) is 23.4 Å². The summed E-state index contributed by atoms with van der Waals surface area (Å²) in [4.78, 5) is 25.4. The van der Waals surface area contributed by atoms with Crippen LogP contribution in [0.1, 0.15) is 18.5 Å². The summed E-state index contributed by atoms with van der Waals surface area (Å²) in [5.41, 5.74) is 0.757. The molecule has 24 heavy (non-hydrogen) atoms. The highest BCUT2D eigenvalue weighted by atomic mass is 35.5. The van der Waals surface area contributed by atoms with Gasteiger partial charge < -0.3 is 4.90 Å². The van der Waals surface area contributed by atoms with Crippen LogP contribution in [0.2, 0.25) is 5.02 Å². The number of amides is 1. The number of carbonyl (C=O) groups is 1. The molecular weight excluding hydrogens is 348 g/mol. The van der Waals surface area contributed by atoms with Crippen LogP contribution in [0.3, 0.4) is 0 Å². The number of thioether (sulfide) groups is 1. The third-order valence-electron chi connectivity index (χ3n) is 3.71. The molecule has 1 amide bonds. The van der Waals surface area contributed by atoms with Gasteiger partial charge in [-0.15, -0.1) is 11.8 Å². The molecule has 0 aliphatic heterocycles. The number of non-ortho nitro benzene ring substituents is 1. The molecule has 0 aliphatic rings. The van der Waals surface area contributed by atoms with Crippen LogP contribution in [0.15, 0.2) is 53.4 Å². The van der Waals surface area contributed by atoms with Gasteiger partial charge in [-0.05, 0) is 36.8 Å². The van der Waals surface area contributed by atoms with Crippen LogP contribution < -0.4 is 0 Å². The molecule has 0 bridgehead atoms. The van der Waals surface area contributed by atoms with E-state index in [1.165, 1.54) is 23.9 Å². The Morgan fingerprint density at radius 3 is 2.58 bits per heavy atom. The highest BCUT2D eigenvalue weighted by molar-refractivity contribution is 8.00. The highest BCUT2D eigenvalue weighted by Crippen LogP contribution is 2.25. The van der Waals surface area contributed by atoms with Crippen molar-refractivity contribution in [3.05, 3.63) is 69.2 Å². The van der Waals surface area contributed by atoms with E-state index in [9.17, 15) is 14.9 Å². The van der Waals surface area contributed by atoms with E-state index in [1.54, 1.807) is 36.2 Å². The lowest BCUT2D eigenvalue weighted by Gasteiger charge is -2.25. The van der Waals surface area contributed by atoms with Crippen LogP contribution in [0.4, 0.5) is 5.69 Å². The maximum Gasteiger partial charge on any atom is 0.269 e. The first kappa shape index (κ1) is 18.3. The van der Waals surface area contributed by atoms with Gasteiger partial charge in [-0.25, -0.2) is 0 Å². The van der Waals surface area contributed by atoms with Gasteiger partial charge in [-0.2, -0.15) is 0 Å². The zero-order valence-electron chi connectivity index (χ0n) is 13.3. The number of hydrogen-bond donors (Lipinski definition) is 0. The largest absolute Gasteiger partial charge is 0.338 e. The molecule has 1 unspecified atom stereocenters. The standard InChI is InChI=1S/C17H17ClN2O3S/c1-12(13-4-3-5-15(10-13)20(22)23)19(2)17(21)11-24-16-8-6-14(18)7-9-16/h3-10,12H,11H2,1-2H3. The Hall–Kier alpha value is -2.05. The van der Waals surface area contributed by atoms with Gasteiger partial charge in [0.05, 0.1) is 16.7 Å². The minimum Gasteiger partial charge on any atom is -0.338 e. The predicted octanol–water partition coefficient (Wildman–Crippen LogP) is 4.56. The lowest BCUT2D eigenvalue weighted by Crippen LogP contribution is -2.31. The molecule has 2 aromatic carbocycles. The monoisotopic (exact) mass is 364 g/mol. The van der Waals surface area contributed by atoms with Crippen molar-refractivity contribution in [2.24, 2.45) is 0 Å². The molecule has 5 nitrogen and oxygen atoms in total. The van der Waals surface area contributed by atoms with Gasteiger partial charge in [0.25, 0.3) is 5.69 Å². The second-order valence-corrected chi connectivity index (χ2v) is 6.76. The average molecular weight is 365 g/mol. The molecule has 0 radical (unpaired) electrons. The van der Waals surface area contributed by atoms with E-state index in [0.29, 0.717) is 5.02 Å². The summed E-state index contributed by atoms with van der Waals surface area (Å²) < 4.78 is 0. The van der Waals surface area contributed by atoms with E-state index in [4.69, 9.17) is 11.6 Å². The molecule has 2 rings (SSSR count). The van der Waals surface area contributed by atoms with E-state index in [2.05, 4.69) is 0 Å². The molecule has 0 saturated heterocycles. The lowest BCUT2D eigenvalue weighted by atomic mass is 10.1. The summed E-state index contributed by atoms with van der Waals surface area (Å²) in [7, 11) is 1.70. The number of nitro groups is 1. The molecule has 0 saturated carbocycles. The maximum absolute atomic E-state index is 12.4. The molecule has 0 spiro atoms. The topological polar surface area (TPSA) is 63.5 Å². The van der Waals surface area contributed by atoms with Gasteiger partial charge in [0, 0.05) is 29.1 Å². The van der Waals surface area contributed by atoms with Crippen LogP contribution in [0.25, 0.3) is 0 Å². The number of carbonyl (C=O) groups excluding carboxylic acids is 1. The van der Waals surface area contributed by atoms with Crippen molar-refractivity contribution >= 4 is 35.0 Å². The Morgan fingerprint density at radius 2 is 1.96 bits per heavy atom. The Kier molecular flexibility index (Phi) is 6.23. The maximum atomic E-state index is 12.4.